The molecule has 112 valence electrons. The van der Waals surface area contributed by atoms with Gasteiger partial charge in [-0.1, -0.05) is 36.4 Å². The van der Waals surface area contributed by atoms with Gasteiger partial charge in [-0.15, -0.1) is 0 Å². The van der Waals surface area contributed by atoms with Crippen LogP contribution in [0.1, 0.15) is 20.7 Å². The average molecular weight is 314 g/mol. The molecule has 6 nitrogen and oxygen atoms in total. The Labute approximate surface area is 132 Å². The number of hydrazine groups is 2. The smallest absolute Gasteiger partial charge is 0.267 e. The lowest BCUT2D eigenvalue weighted by Crippen LogP contribution is -2.54. The van der Waals surface area contributed by atoms with Crippen LogP contribution in [-0.4, -0.2) is 26.9 Å². The third kappa shape index (κ3) is 3.34. The fourth-order valence-electron chi connectivity index (χ4n) is 1.73. The Bertz CT molecular complexity index is 632. The minimum atomic E-state index is -0.554. The van der Waals surface area contributed by atoms with Crippen LogP contribution in [0.2, 0.25) is 0 Å². The number of nitrogens with zero attached hydrogens (tertiary/aromatic N) is 2. The predicted octanol–water partition coefficient (Wildman–Crippen LogP) is 1.30. The summed E-state index contributed by atoms with van der Waals surface area (Å²) in [6.45, 7) is 0. The van der Waals surface area contributed by atoms with E-state index in [4.69, 9.17) is 23.9 Å². The lowest BCUT2D eigenvalue weighted by atomic mass is 10.2. The van der Waals surface area contributed by atoms with E-state index in [2.05, 4.69) is 0 Å². The van der Waals surface area contributed by atoms with Crippen LogP contribution in [0.3, 0.4) is 0 Å². The zero-order valence-electron chi connectivity index (χ0n) is 11.5. The molecule has 0 saturated heterocycles. The van der Waals surface area contributed by atoms with Crippen LogP contribution in [-0.2, 0) is 0 Å². The third-order valence-corrected chi connectivity index (χ3v) is 3.28. The standard InChI is InChI=1S/C15H14N4O2S/c16-18(13(20)11-7-3-1-4-8-11)15(22)19(17)14(21)12-9-5-2-6-10-12/h1-10H,16-17H2. The van der Waals surface area contributed by atoms with Crippen molar-refractivity contribution in [1.29, 1.82) is 0 Å². The third-order valence-electron chi connectivity index (χ3n) is 2.89. The lowest BCUT2D eigenvalue weighted by Gasteiger charge is -2.24. The van der Waals surface area contributed by atoms with Gasteiger partial charge in [0.15, 0.2) is 0 Å². The first-order valence-corrected chi connectivity index (χ1v) is 6.75. The molecule has 2 aromatic carbocycles. The van der Waals surface area contributed by atoms with E-state index in [1.807, 2.05) is 0 Å². The molecule has 0 heterocycles. The second-order valence-electron chi connectivity index (χ2n) is 4.36. The van der Waals surface area contributed by atoms with E-state index in [1.54, 1.807) is 60.7 Å². The number of thiocarbonyl (C=S) groups is 1. The second kappa shape index (κ2) is 6.90. The largest absolute Gasteiger partial charge is 0.274 e. The van der Waals surface area contributed by atoms with Crippen LogP contribution in [0, 0.1) is 0 Å². The number of carbonyl (C=O) groups is 2. The van der Waals surface area contributed by atoms with Crippen molar-refractivity contribution in [3.63, 3.8) is 0 Å². The summed E-state index contributed by atoms with van der Waals surface area (Å²) in [6.07, 6.45) is 0. The molecule has 2 amide bonds. The molecule has 0 aliphatic carbocycles. The molecule has 7 heteroatoms. The van der Waals surface area contributed by atoms with Crippen molar-refractivity contribution < 1.29 is 9.59 Å². The second-order valence-corrected chi connectivity index (χ2v) is 4.73. The highest BCUT2D eigenvalue weighted by molar-refractivity contribution is 7.80. The SMILES string of the molecule is NN(C(=O)c1ccccc1)C(=S)N(N)C(=O)c1ccccc1. The Morgan fingerprint density at radius 1 is 0.727 bits per heavy atom. The topological polar surface area (TPSA) is 92.7 Å². The summed E-state index contributed by atoms with van der Waals surface area (Å²) >= 11 is 5.01. The first-order chi connectivity index (χ1) is 10.5. The molecule has 0 aliphatic heterocycles. The molecule has 0 saturated carbocycles. The van der Waals surface area contributed by atoms with E-state index in [1.165, 1.54) is 0 Å². The van der Waals surface area contributed by atoms with Crippen LogP contribution in [0.25, 0.3) is 0 Å². The number of nitrogens with two attached hydrogens (primary N) is 2. The maximum atomic E-state index is 12.2. The molecule has 0 unspecified atom stereocenters. The number of hydrogen-bond acceptors (Lipinski definition) is 5. The first kappa shape index (κ1) is 15.8. The van der Waals surface area contributed by atoms with Crippen LogP contribution in [0.5, 0.6) is 0 Å². The Morgan fingerprint density at radius 3 is 1.36 bits per heavy atom. The van der Waals surface area contributed by atoms with Gasteiger partial charge in [-0.3, -0.25) is 9.59 Å². The van der Waals surface area contributed by atoms with Crippen molar-refractivity contribution in [2.75, 3.05) is 0 Å². The summed E-state index contributed by atoms with van der Waals surface area (Å²) < 4.78 is 0. The molecule has 0 radical (unpaired) electrons. The van der Waals surface area contributed by atoms with Gasteiger partial charge in [0.05, 0.1) is 0 Å². The fourth-order valence-corrected chi connectivity index (χ4v) is 1.90. The van der Waals surface area contributed by atoms with Gasteiger partial charge < -0.3 is 0 Å². The van der Waals surface area contributed by atoms with Gasteiger partial charge in [-0.05, 0) is 36.5 Å². The lowest BCUT2D eigenvalue weighted by molar-refractivity contribution is 0.0787. The molecule has 4 N–H and O–H groups in total. The highest BCUT2D eigenvalue weighted by atomic mass is 32.1. The van der Waals surface area contributed by atoms with Crippen LogP contribution in [0.15, 0.2) is 60.7 Å². The van der Waals surface area contributed by atoms with Crippen molar-refractivity contribution in [3.8, 4) is 0 Å². The number of carbonyl (C=O) groups excluding carboxylic acids is 2. The highest BCUT2D eigenvalue weighted by Crippen LogP contribution is 2.07. The maximum Gasteiger partial charge on any atom is 0.274 e. The average Bonchev–Trinajstić information content (AvgIpc) is 2.60. The summed E-state index contributed by atoms with van der Waals surface area (Å²) in [7, 11) is 0. The van der Waals surface area contributed by atoms with Crippen LogP contribution >= 0.6 is 12.2 Å². The molecule has 2 aromatic rings. The number of rotatable bonds is 2. The van der Waals surface area contributed by atoms with E-state index in [-0.39, 0.29) is 5.11 Å². The van der Waals surface area contributed by atoms with E-state index >= 15 is 0 Å². The Hall–Kier alpha value is -2.61. The van der Waals surface area contributed by atoms with E-state index in [0.717, 1.165) is 0 Å². The molecule has 0 spiro atoms. The summed E-state index contributed by atoms with van der Waals surface area (Å²) in [4.78, 5) is 24.3. The van der Waals surface area contributed by atoms with Gasteiger partial charge in [0.25, 0.3) is 11.8 Å². The van der Waals surface area contributed by atoms with Gasteiger partial charge in [0.2, 0.25) is 5.11 Å². The Balaban J connectivity index is 2.13. The van der Waals surface area contributed by atoms with Gasteiger partial charge >= 0.3 is 0 Å². The van der Waals surface area contributed by atoms with Crippen LogP contribution in [0.4, 0.5) is 0 Å². The molecule has 2 rings (SSSR count). The zero-order chi connectivity index (χ0) is 16.1. The quantitative estimate of drug-likeness (QED) is 0.377. The summed E-state index contributed by atoms with van der Waals surface area (Å²) in [5.41, 5.74) is 0.681. The van der Waals surface area contributed by atoms with Crippen molar-refractivity contribution >= 4 is 29.1 Å². The summed E-state index contributed by atoms with van der Waals surface area (Å²) in [5, 5.41) is 1.06. The van der Waals surface area contributed by atoms with E-state index in [9.17, 15) is 9.59 Å². The maximum absolute atomic E-state index is 12.2. The van der Waals surface area contributed by atoms with Gasteiger partial charge in [0.1, 0.15) is 0 Å². The minimum Gasteiger partial charge on any atom is -0.267 e. The van der Waals surface area contributed by atoms with Gasteiger partial charge in [-0.25, -0.2) is 21.7 Å². The van der Waals surface area contributed by atoms with Crippen molar-refractivity contribution in [2.45, 2.75) is 0 Å². The molecule has 0 atom stereocenters. The number of amides is 2. The van der Waals surface area contributed by atoms with Crippen molar-refractivity contribution in [2.24, 2.45) is 11.7 Å². The summed E-state index contributed by atoms with van der Waals surface area (Å²) in [5.74, 6) is 10.2. The predicted molar refractivity (Wildman–Crippen MR) is 86.2 cm³/mol. The molecular weight excluding hydrogens is 300 g/mol. The normalized spacial score (nSPS) is 9.91. The summed E-state index contributed by atoms with van der Waals surface area (Å²) in [6, 6.07) is 16.7. The molecule has 0 aromatic heterocycles. The molecular formula is C15H14N4O2S. The highest BCUT2D eigenvalue weighted by Gasteiger charge is 2.24. The minimum absolute atomic E-state index is 0.289. The fraction of sp³-hybridized carbons (Fsp3) is 0. The Morgan fingerprint density at radius 2 is 1.05 bits per heavy atom. The van der Waals surface area contributed by atoms with E-state index < -0.39 is 11.8 Å². The Kier molecular flexibility index (Phi) is 4.95. The van der Waals surface area contributed by atoms with Gasteiger partial charge in [-0.2, -0.15) is 0 Å². The first-order valence-electron chi connectivity index (χ1n) is 6.34. The van der Waals surface area contributed by atoms with Gasteiger partial charge in [0, 0.05) is 11.1 Å². The van der Waals surface area contributed by atoms with Crippen LogP contribution < -0.4 is 11.7 Å². The van der Waals surface area contributed by atoms with Crippen molar-refractivity contribution in [1.82, 2.24) is 10.0 Å². The number of hydrogen-bond donors (Lipinski definition) is 2. The van der Waals surface area contributed by atoms with Crippen molar-refractivity contribution in [3.05, 3.63) is 71.8 Å². The number of benzene rings is 2. The molecule has 0 fully saturated rings. The zero-order valence-corrected chi connectivity index (χ0v) is 12.4. The van der Waals surface area contributed by atoms with E-state index in [0.29, 0.717) is 21.1 Å². The monoisotopic (exact) mass is 314 g/mol. The molecule has 22 heavy (non-hydrogen) atoms. The molecule has 0 bridgehead atoms. The molecule has 0 aliphatic rings.